The van der Waals surface area contributed by atoms with E-state index < -0.39 is 0 Å². The second-order valence-corrected chi connectivity index (χ2v) is 17.3. The lowest BCUT2D eigenvalue weighted by Gasteiger charge is -2.34. The number of benzene rings is 10. The van der Waals surface area contributed by atoms with Gasteiger partial charge in [0.15, 0.2) is 0 Å². The molecule has 11 aromatic rings. The first kappa shape index (κ1) is 38.5. The summed E-state index contributed by atoms with van der Waals surface area (Å²) in [5.41, 5.74) is 25.7. The topological polar surface area (TPSA) is 19.0 Å². The number of hydrogen-bond acceptors (Lipinski definition) is 1. The Balaban J connectivity index is 1.19. The minimum absolute atomic E-state index is 0.819. The predicted octanol–water partition coefficient (Wildman–Crippen LogP) is 17.3. The van der Waals surface area contributed by atoms with Crippen LogP contribution in [0.5, 0.6) is 0 Å². The van der Waals surface area contributed by atoms with E-state index in [0.717, 1.165) is 23.3 Å². The number of fused-ring (bicyclic) bond motifs is 6. The Bertz CT molecular complexity index is 3470. The number of nitrogens with zero attached hydrogens (tertiary/aromatic N) is 1. The Labute approximate surface area is 380 Å². The molecule has 0 radical (unpaired) electrons. The van der Waals surface area contributed by atoms with Crippen molar-refractivity contribution < 1.29 is 0 Å². The van der Waals surface area contributed by atoms with Gasteiger partial charge < -0.3 is 9.88 Å². The summed E-state index contributed by atoms with van der Waals surface area (Å²) < 4.78 is 0. The highest BCUT2D eigenvalue weighted by molar-refractivity contribution is 6.14. The van der Waals surface area contributed by atoms with Gasteiger partial charge in [-0.3, -0.25) is 0 Å². The molecular formula is C63H46N2. The van der Waals surface area contributed by atoms with Crippen LogP contribution in [0.4, 0.5) is 17.1 Å². The van der Waals surface area contributed by atoms with Crippen molar-refractivity contribution in [2.75, 3.05) is 4.90 Å². The molecule has 0 saturated carbocycles. The van der Waals surface area contributed by atoms with Crippen molar-refractivity contribution in [2.24, 2.45) is 0 Å². The van der Waals surface area contributed by atoms with Crippen molar-refractivity contribution in [2.45, 2.75) is 20.3 Å². The standard InChI is InChI=1S/C63H46N2/c1-41-42(2)63(56-40-45-26-9-10-29-48(45)61(56)60(41)55-36-21-35-54-51-32-15-18-37-57(51)64-62(54)55)65(58-38-19-16-33-52(58)49-30-13-11-27-46(49)43-22-5-3-6-23-43)59-39-20-17-34-53(59)50-31-14-12-28-47(50)44-24-7-4-8-25-44/h3-39,64H,40H2,1-2H3. The third kappa shape index (κ3) is 6.32. The van der Waals surface area contributed by atoms with E-state index in [2.05, 4.69) is 248 Å². The minimum Gasteiger partial charge on any atom is -0.354 e. The van der Waals surface area contributed by atoms with E-state index >= 15 is 0 Å². The number of hydrogen-bond donors (Lipinski definition) is 1. The molecule has 1 aromatic heterocycles. The second-order valence-electron chi connectivity index (χ2n) is 17.3. The van der Waals surface area contributed by atoms with Crippen LogP contribution in [0, 0.1) is 13.8 Å². The summed E-state index contributed by atoms with van der Waals surface area (Å²) in [6, 6.07) is 82.1. The number of para-hydroxylation sites is 4. The minimum atomic E-state index is 0.819. The summed E-state index contributed by atoms with van der Waals surface area (Å²) in [5, 5.41) is 2.50. The SMILES string of the molecule is Cc1c(C)c(N(c2ccccc2-c2ccccc2-c2ccccc2)c2ccccc2-c2ccccc2-c2ccccc2)c2c(c1-c1cccc3c1[nH]c1ccccc13)-c1ccccc1C2. The first-order valence-corrected chi connectivity index (χ1v) is 22.7. The maximum atomic E-state index is 3.87. The number of aromatic nitrogens is 1. The van der Waals surface area contributed by atoms with E-state index in [1.807, 2.05) is 0 Å². The zero-order valence-electron chi connectivity index (χ0n) is 36.5. The Hall–Kier alpha value is -8.20. The molecule has 0 fully saturated rings. The van der Waals surface area contributed by atoms with E-state index in [1.165, 1.54) is 111 Å². The summed E-state index contributed by atoms with van der Waals surface area (Å²) >= 11 is 0. The van der Waals surface area contributed by atoms with Crippen LogP contribution in [0.15, 0.2) is 224 Å². The predicted molar refractivity (Wildman–Crippen MR) is 275 cm³/mol. The first-order chi connectivity index (χ1) is 32.1. The third-order valence-electron chi connectivity index (χ3n) is 13.7. The van der Waals surface area contributed by atoms with Gasteiger partial charge in [0.05, 0.1) is 22.6 Å². The molecule has 0 atom stereocenters. The van der Waals surface area contributed by atoms with Crippen LogP contribution >= 0.6 is 0 Å². The van der Waals surface area contributed by atoms with Gasteiger partial charge >= 0.3 is 0 Å². The van der Waals surface area contributed by atoms with E-state index in [-0.39, 0.29) is 0 Å². The smallest absolute Gasteiger partial charge is 0.0544 e. The summed E-state index contributed by atoms with van der Waals surface area (Å²) in [6.07, 6.45) is 0.819. The number of nitrogens with one attached hydrogen (secondary N) is 1. The highest BCUT2D eigenvalue weighted by atomic mass is 15.2. The van der Waals surface area contributed by atoms with E-state index in [4.69, 9.17) is 0 Å². The summed E-state index contributed by atoms with van der Waals surface area (Å²) in [7, 11) is 0. The Morgan fingerprint density at radius 2 is 0.815 bits per heavy atom. The monoisotopic (exact) mass is 830 g/mol. The molecule has 1 heterocycles. The number of anilines is 3. The van der Waals surface area contributed by atoms with Gasteiger partial charge in [-0.1, -0.05) is 206 Å². The van der Waals surface area contributed by atoms with Crippen molar-refractivity contribution in [1.29, 1.82) is 0 Å². The molecule has 2 heteroatoms. The summed E-state index contributed by atoms with van der Waals surface area (Å²) in [4.78, 5) is 6.49. The van der Waals surface area contributed by atoms with Crippen LogP contribution in [-0.4, -0.2) is 4.98 Å². The molecule has 0 spiro atoms. The van der Waals surface area contributed by atoms with Gasteiger partial charge in [0.1, 0.15) is 0 Å². The van der Waals surface area contributed by atoms with Gasteiger partial charge in [-0.05, 0) is 104 Å². The highest BCUT2D eigenvalue weighted by Gasteiger charge is 2.34. The molecule has 0 saturated heterocycles. The van der Waals surface area contributed by atoms with Crippen LogP contribution in [0.2, 0.25) is 0 Å². The molecule has 1 aliphatic carbocycles. The lowest BCUT2D eigenvalue weighted by molar-refractivity contribution is 1.16. The molecular weight excluding hydrogens is 785 g/mol. The van der Waals surface area contributed by atoms with Crippen LogP contribution in [0.1, 0.15) is 22.3 Å². The molecule has 0 unspecified atom stereocenters. The van der Waals surface area contributed by atoms with Crippen LogP contribution in [-0.2, 0) is 6.42 Å². The highest BCUT2D eigenvalue weighted by Crippen LogP contribution is 2.56. The number of aromatic amines is 1. The van der Waals surface area contributed by atoms with Crippen LogP contribution in [0.3, 0.4) is 0 Å². The number of rotatable bonds is 8. The average molecular weight is 831 g/mol. The second kappa shape index (κ2) is 15.9. The first-order valence-electron chi connectivity index (χ1n) is 22.7. The van der Waals surface area contributed by atoms with Crippen LogP contribution in [0.25, 0.3) is 88.6 Å². The zero-order valence-corrected chi connectivity index (χ0v) is 36.5. The van der Waals surface area contributed by atoms with E-state index in [0.29, 0.717) is 0 Å². The normalized spacial score (nSPS) is 11.8. The van der Waals surface area contributed by atoms with Gasteiger partial charge in [0.2, 0.25) is 0 Å². The van der Waals surface area contributed by atoms with E-state index in [9.17, 15) is 0 Å². The Morgan fingerprint density at radius 3 is 1.43 bits per heavy atom. The van der Waals surface area contributed by atoms with Crippen molar-refractivity contribution in [3.8, 4) is 66.8 Å². The molecule has 12 rings (SSSR count). The van der Waals surface area contributed by atoms with Gasteiger partial charge in [-0.25, -0.2) is 0 Å². The Kier molecular flexibility index (Phi) is 9.39. The van der Waals surface area contributed by atoms with Crippen LogP contribution < -0.4 is 4.90 Å². The number of H-pyrrole nitrogens is 1. The zero-order chi connectivity index (χ0) is 43.4. The maximum absolute atomic E-state index is 3.87. The van der Waals surface area contributed by atoms with Gasteiger partial charge in [-0.15, -0.1) is 0 Å². The fourth-order valence-electron chi connectivity index (χ4n) is 10.7. The van der Waals surface area contributed by atoms with Crippen molar-refractivity contribution in [3.63, 3.8) is 0 Å². The van der Waals surface area contributed by atoms with Crippen molar-refractivity contribution in [1.82, 2.24) is 4.98 Å². The van der Waals surface area contributed by atoms with E-state index in [1.54, 1.807) is 0 Å². The summed E-state index contributed by atoms with van der Waals surface area (Å²) in [5.74, 6) is 0. The molecule has 1 N–H and O–H groups in total. The molecule has 0 bridgehead atoms. The molecule has 1 aliphatic rings. The third-order valence-corrected chi connectivity index (χ3v) is 13.7. The van der Waals surface area contributed by atoms with Crippen molar-refractivity contribution >= 4 is 38.9 Å². The molecule has 65 heavy (non-hydrogen) atoms. The molecule has 10 aromatic carbocycles. The lowest BCUT2D eigenvalue weighted by Crippen LogP contribution is -2.17. The Morgan fingerprint density at radius 1 is 0.354 bits per heavy atom. The largest absolute Gasteiger partial charge is 0.354 e. The maximum Gasteiger partial charge on any atom is 0.0544 e. The fraction of sp³-hybridized carbons (Fsp3) is 0.0476. The van der Waals surface area contributed by atoms with Gasteiger partial charge in [-0.2, -0.15) is 0 Å². The molecule has 0 aliphatic heterocycles. The lowest BCUT2D eigenvalue weighted by atomic mass is 9.84. The average Bonchev–Trinajstić information content (AvgIpc) is 3.95. The molecule has 308 valence electrons. The quantitative estimate of drug-likeness (QED) is 0.162. The van der Waals surface area contributed by atoms with Crippen molar-refractivity contribution in [3.05, 3.63) is 247 Å². The van der Waals surface area contributed by atoms with Gasteiger partial charge in [0.25, 0.3) is 0 Å². The fourth-order valence-corrected chi connectivity index (χ4v) is 10.7. The summed E-state index contributed by atoms with van der Waals surface area (Å²) in [6.45, 7) is 4.71. The van der Waals surface area contributed by atoms with Gasteiger partial charge in [0, 0.05) is 39.4 Å². The molecule has 2 nitrogen and oxygen atoms in total. The molecule has 0 amide bonds.